The van der Waals surface area contributed by atoms with Gasteiger partial charge in [-0.25, -0.2) is 4.79 Å². The maximum atomic E-state index is 12.5. The first-order valence-corrected chi connectivity index (χ1v) is 9.50. The molecule has 0 radical (unpaired) electrons. The number of aryl methyl sites for hydroxylation is 1. The van der Waals surface area contributed by atoms with E-state index < -0.39 is 11.9 Å². The molecule has 1 unspecified atom stereocenters. The lowest BCUT2D eigenvalue weighted by molar-refractivity contribution is 0.0376. The van der Waals surface area contributed by atoms with E-state index in [0.717, 1.165) is 25.7 Å². The number of benzene rings is 2. The molecule has 0 saturated carbocycles. The van der Waals surface area contributed by atoms with Crippen molar-refractivity contribution in [3.8, 4) is 0 Å². The molecule has 28 heavy (non-hydrogen) atoms. The molecule has 2 aromatic rings. The minimum Gasteiger partial charge on any atom is -0.455 e. The van der Waals surface area contributed by atoms with E-state index in [-0.39, 0.29) is 17.4 Å². The van der Waals surface area contributed by atoms with E-state index in [1.165, 1.54) is 6.07 Å². The Bertz CT molecular complexity index is 817. The van der Waals surface area contributed by atoms with Gasteiger partial charge in [0.05, 0.1) is 11.3 Å². The van der Waals surface area contributed by atoms with E-state index >= 15 is 0 Å². The van der Waals surface area contributed by atoms with Crippen LogP contribution >= 0.6 is 0 Å². The molecule has 0 aliphatic heterocycles. The third-order valence-electron chi connectivity index (χ3n) is 4.50. The first kappa shape index (κ1) is 21.4. The zero-order valence-electron chi connectivity index (χ0n) is 16.4. The van der Waals surface area contributed by atoms with Gasteiger partial charge in [-0.3, -0.25) is 10.0 Å². The van der Waals surface area contributed by atoms with E-state index in [2.05, 4.69) is 13.5 Å². The highest BCUT2D eigenvalue weighted by Gasteiger charge is 2.20. The van der Waals surface area contributed by atoms with Gasteiger partial charge in [0, 0.05) is 5.56 Å². The summed E-state index contributed by atoms with van der Waals surface area (Å²) in [7, 11) is 0. The van der Waals surface area contributed by atoms with Crippen LogP contribution in [-0.4, -0.2) is 23.2 Å². The van der Waals surface area contributed by atoms with Gasteiger partial charge in [-0.1, -0.05) is 56.7 Å². The van der Waals surface area contributed by atoms with Crippen LogP contribution in [0.1, 0.15) is 58.9 Å². The highest BCUT2D eigenvalue weighted by molar-refractivity contribution is 6.05. The Hall–Kier alpha value is -2.92. The van der Waals surface area contributed by atoms with Gasteiger partial charge in [0.15, 0.2) is 0 Å². The number of hydrogen-bond donors (Lipinski definition) is 1. The third-order valence-corrected chi connectivity index (χ3v) is 4.50. The second-order valence-electron chi connectivity index (χ2n) is 6.66. The molecule has 1 amide bonds. The molecule has 0 fully saturated rings. The summed E-state index contributed by atoms with van der Waals surface area (Å²) in [6.07, 6.45) is 5.09. The number of carbonyl (C=O) groups excluding carboxylic acids is 2. The van der Waals surface area contributed by atoms with E-state index in [9.17, 15) is 14.8 Å². The Morgan fingerprint density at radius 1 is 1.14 bits per heavy atom. The van der Waals surface area contributed by atoms with E-state index in [1.807, 2.05) is 0 Å². The van der Waals surface area contributed by atoms with Crippen molar-refractivity contribution in [2.45, 2.75) is 45.6 Å². The molecule has 1 N–H and O–H groups in total. The second kappa shape index (κ2) is 10.4. The highest BCUT2D eigenvalue weighted by Crippen LogP contribution is 2.23. The molecule has 0 heterocycles. The Kier molecular flexibility index (Phi) is 7.96. The quantitative estimate of drug-likeness (QED) is 0.210. The molecule has 0 bridgehead atoms. The summed E-state index contributed by atoms with van der Waals surface area (Å²) in [5, 5.41) is 11.0. The van der Waals surface area contributed by atoms with Gasteiger partial charge in [-0.05, 0) is 49.6 Å². The fraction of sp³-hybridized carbons (Fsp3) is 0.304. The van der Waals surface area contributed by atoms with Crippen molar-refractivity contribution in [3.05, 3.63) is 77.9 Å². The van der Waals surface area contributed by atoms with Crippen LogP contribution in [0.5, 0.6) is 0 Å². The summed E-state index contributed by atoms with van der Waals surface area (Å²) in [6, 6.07) is 13.2. The van der Waals surface area contributed by atoms with Gasteiger partial charge in [-0.2, -0.15) is 5.06 Å². The summed E-state index contributed by atoms with van der Waals surface area (Å²) in [4.78, 5) is 25.0. The van der Waals surface area contributed by atoms with Crippen LogP contribution in [-0.2, 0) is 4.74 Å². The zero-order valence-corrected chi connectivity index (χ0v) is 16.4. The minimum absolute atomic E-state index is 0.240. The predicted molar refractivity (Wildman–Crippen MR) is 110 cm³/mol. The Morgan fingerprint density at radius 2 is 1.86 bits per heavy atom. The molecule has 0 aromatic heterocycles. The summed E-state index contributed by atoms with van der Waals surface area (Å²) in [5.74, 6) is -1.08. The number of hydrogen-bond acceptors (Lipinski definition) is 4. The lowest BCUT2D eigenvalue weighted by Crippen LogP contribution is -2.28. The lowest BCUT2D eigenvalue weighted by Gasteiger charge is -2.19. The van der Waals surface area contributed by atoms with E-state index in [0.29, 0.717) is 16.2 Å². The van der Waals surface area contributed by atoms with Gasteiger partial charge < -0.3 is 4.74 Å². The van der Waals surface area contributed by atoms with Crippen LogP contribution in [0.25, 0.3) is 0 Å². The standard InChI is InChI=1S/C23H27NO4/c1-4-6-8-13-20(5-2)28-23(26)19-15-14-17(3)21(16-19)24(27)22(25)18-11-9-7-10-12-18/h5,7,9-12,14-16,20,27H,2,4,6,8,13H2,1,3H3. The summed E-state index contributed by atoms with van der Waals surface area (Å²) >= 11 is 0. The zero-order chi connectivity index (χ0) is 20.5. The molecule has 0 aliphatic rings. The Labute approximate surface area is 166 Å². The minimum atomic E-state index is -0.572. The molecule has 2 aromatic carbocycles. The number of amides is 1. The molecule has 148 valence electrons. The van der Waals surface area contributed by atoms with Crippen molar-refractivity contribution in [1.82, 2.24) is 0 Å². The molecular weight excluding hydrogens is 354 g/mol. The SMILES string of the molecule is C=CC(CCCCC)OC(=O)c1ccc(C)c(N(O)C(=O)c2ccccc2)c1. The summed E-state index contributed by atoms with van der Waals surface area (Å²) in [5.41, 5.74) is 1.51. The van der Waals surface area contributed by atoms with Gasteiger partial charge in [0.1, 0.15) is 6.10 Å². The van der Waals surface area contributed by atoms with Crippen molar-refractivity contribution < 1.29 is 19.5 Å². The normalized spacial score (nSPS) is 11.5. The number of esters is 1. The highest BCUT2D eigenvalue weighted by atomic mass is 16.5. The molecule has 1 atom stereocenters. The van der Waals surface area contributed by atoms with E-state index in [4.69, 9.17) is 4.74 Å². The number of hydroxylamine groups is 1. The largest absolute Gasteiger partial charge is 0.455 e. The van der Waals surface area contributed by atoms with Gasteiger partial charge in [0.25, 0.3) is 5.91 Å². The van der Waals surface area contributed by atoms with Gasteiger partial charge in [-0.15, -0.1) is 0 Å². The predicted octanol–water partition coefficient (Wildman–Crippen LogP) is 5.32. The maximum absolute atomic E-state index is 12.5. The first-order valence-electron chi connectivity index (χ1n) is 9.50. The molecule has 2 rings (SSSR count). The van der Waals surface area contributed by atoms with Crippen molar-refractivity contribution in [3.63, 3.8) is 0 Å². The molecular formula is C23H27NO4. The Balaban J connectivity index is 2.16. The smallest absolute Gasteiger partial charge is 0.338 e. The fourth-order valence-corrected chi connectivity index (χ4v) is 2.80. The van der Waals surface area contributed by atoms with Crippen molar-refractivity contribution in [2.24, 2.45) is 0 Å². The second-order valence-corrected chi connectivity index (χ2v) is 6.66. The molecule has 0 saturated heterocycles. The number of rotatable bonds is 9. The number of unbranched alkanes of at least 4 members (excludes halogenated alkanes) is 2. The number of carbonyl (C=O) groups is 2. The molecule has 5 heteroatoms. The molecule has 0 spiro atoms. The number of ether oxygens (including phenoxy) is 1. The Morgan fingerprint density at radius 3 is 2.50 bits per heavy atom. The maximum Gasteiger partial charge on any atom is 0.338 e. The van der Waals surface area contributed by atoms with E-state index in [1.54, 1.807) is 55.5 Å². The van der Waals surface area contributed by atoms with Crippen LogP contribution in [0.3, 0.4) is 0 Å². The van der Waals surface area contributed by atoms with Crippen LogP contribution in [0.2, 0.25) is 0 Å². The van der Waals surface area contributed by atoms with Gasteiger partial charge >= 0.3 is 5.97 Å². The third kappa shape index (κ3) is 5.54. The average molecular weight is 381 g/mol. The number of anilines is 1. The van der Waals surface area contributed by atoms with Crippen LogP contribution in [0.15, 0.2) is 61.2 Å². The summed E-state index contributed by atoms with van der Waals surface area (Å²) in [6.45, 7) is 7.60. The molecule has 5 nitrogen and oxygen atoms in total. The van der Waals surface area contributed by atoms with Crippen LogP contribution < -0.4 is 5.06 Å². The van der Waals surface area contributed by atoms with Crippen molar-refractivity contribution in [1.29, 1.82) is 0 Å². The first-order chi connectivity index (χ1) is 13.5. The molecule has 0 aliphatic carbocycles. The monoisotopic (exact) mass is 381 g/mol. The van der Waals surface area contributed by atoms with Crippen LogP contribution in [0, 0.1) is 6.92 Å². The lowest BCUT2D eigenvalue weighted by atomic mass is 10.1. The van der Waals surface area contributed by atoms with Crippen LogP contribution in [0.4, 0.5) is 5.69 Å². The van der Waals surface area contributed by atoms with Gasteiger partial charge in [0.2, 0.25) is 0 Å². The fourth-order valence-electron chi connectivity index (χ4n) is 2.80. The topological polar surface area (TPSA) is 66.8 Å². The summed E-state index contributed by atoms with van der Waals surface area (Å²) < 4.78 is 5.51. The number of nitrogens with zero attached hydrogens (tertiary/aromatic N) is 1. The van der Waals surface area contributed by atoms with Crippen molar-refractivity contribution in [2.75, 3.05) is 5.06 Å². The van der Waals surface area contributed by atoms with Crippen molar-refractivity contribution >= 4 is 17.6 Å². The average Bonchev–Trinajstić information content (AvgIpc) is 2.72.